The van der Waals surface area contributed by atoms with Crippen LogP contribution >= 0.6 is 15.9 Å². The topological polar surface area (TPSA) is 37.3 Å². The fourth-order valence-corrected chi connectivity index (χ4v) is 2.09. The van der Waals surface area contributed by atoms with Gasteiger partial charge in [0.1, 0.15) is 0 Å². The van der Waals surface area contributed by atoms with E-state index in [9.17, 15) is 4.79 Å². The van der Waals surface area contributed by atoms with Crippen molar-refractivity contribution in [3.05, 3.63) is 0 Å². The van der Waals surface area contributed by atoms with Gasteiger partial charge >= 0.3 is 5.97 Å². The van der Waals surface area contributed by atoms with E-state index in [4.69, 9.17) is 5.11 Å². The van der Waals surface area contributed by atoms with Crippen molar-refractivity contribution in [2.24, 2.45) is 5.92 Å². The summed E-state index contributed by atoms with van der Waals surface area (Å²) in [5, 5.41) is 9.94. The van der Waals surface area contributed by atoms with E-state index >= 15 is 0 Å². The molecule has 0 saturated carbocycles. The van der Waals surface area contributed by atoms with Crippen LogP contribution in [0.25, 0.3) is 0 Å². The summed E-state index contributed by atoms with van der Waals surface area (Å²) in [6, 6.07) is 0. The normalized spacial score (nSPS) is 12.7. The Balaban J connectivity index is 3.25. The molecule has 0 aliphatic rings. The fourth-order valence-electron chi connectivity index (χ4n) is 1.69. The molecule has 1 atom stereocenters. The molecule has 0 aromatic heterocycles. The number of alkyl halides is 1. The molecule has 0 aromatic carbocycles. The lowest BCUT2D eigenvalue weighted by molar-refractivity contribution is -0.142. The number of carboxylic acid groups (broad SMARTS) is 1. The zero-order valence-corrected chi connectivity index (χ0v) is 11.3. The van der Waals surface area contributed by atoms with Crippen molar-refractivity contribution in [3.8, 4) is 0 Å². The Morgan fingerprint density at radius 1 is 1.13 bits per heavy atom. The number of aliphatic carboxylic acids is 1. The standard InChI is InChI=1S/C12H23BrO2/c1-2-11(12(14)15)9-7-5-3-4-6-8-10-13/h11H,2-10H2,1H3,(H,14,15). The quantitative estimate of drug-likeness (QED) is 0.480. The fraction of sp³-hybridized carbons (Fsp3) is 0.917. The first-order valence-corrected chi connectivity index (χ1v) is 7.13. The van der Waals surface area contributed by atoms with Crippen molar-refractivity contribution < 1.29 is 9.90 Å². The lowest BCUT2D eigenvalue weighted by Gasteiger charge is -2.08. The van der Waals surface area contributed by atoms with Gasteiger partial charge in [0.25, 0.3) is 0 Å². The monoisotopic (exact) mass is 278 g/mol. The van der Waals surface area contributed by atoms with Crippen LogP contribution in [0.5, 0.6) is 0 Å². The predicted octanol–water partition coefficient (Wildman–Crippen LogP) is 4.22. The molecule has 0 rings (SSSR count). The Morgan fingerprint density at radius 3 is 2.13 bits per heavy atom. The van der Waals surface area contributed by atoms with Crippen LogP contribution in [0.4, 0.5) is 0 Å². The molecule has 3 heteroatoms. The number of rotatable bonds is 10. The highest BCUT2D eigenvalue weighted by atomic mass is 79.9. The summed E-state index contributed by atoms with van der Waals surface area (Å²) in [6.07, 6.45) is 8.96. The van der Waals surface area contributed by atoms with Crippen molar-refractivity contribution in [1.29, 1.82) is 0 Å². The van der Waals surface area contributed by atoms with Gasteiger partial charge in [0.2, 0.25) is 0 Å². The summed E-state index contributed by atoms with van der Waals surface area (Å²) in [6.45, 7) is 1.95. The van der Waals surface area contributed by atoms with Gasteiger partial charge in [0.15, 0.2) is 0 Å². The van der Waals surface area contributed by atoms with Crippen LogP contribution in [0.15, 0.2) is 0 Å². The first-order chi connectivity index (χ1) is 7.22. The van der Waals surface area contributed by atoms with Crippen LogP contribution in [0.1, 0.15) is 58.3 Å². The summed E-state index contributed by atoms with van der Waals surface area (Å²) in [5.41, 5.74) is 0. The van der Waals surface area contributed by atoms with E-state index in [1.165, 1.54) is 32.1 Å². The van der Waals surface area contributed by atoms with Gasteiger partial charge < -0.3 is 5.11 Å². The van der Waals surface area contributed by atoms with Gasteiger partial charge in [-0.3, -0.25) is 4.79 Å². The lowest BCUT2D eigenvalue weighted by atomic mass is 9.98. The Morgan fingerprint density at radius 2 is 1.67 bits per heavy atom. The maximum absolute atomic E-state index is 10.7. The molecule has 0 aliphatic carbocycles. The van der Waals surface area contributed by atoms with Crippen LogP contribution in [0, 0.1) is 5.92 Å². The maximum atomic E-state index is 10.7. The predicted molar refractivity (Wildman–Crippen MR) is 67.5 cm³/mol. The van der Waals surface area contributed by atoms with Crippen LogP contribution in [0.2, 0.25) is 0 Å². The molecule has 0 aliphatic heterocycles. The van der Waals surface area contributed by atoms with E-state index in [1.807, 2.05) is 6.92 Å². The van der Waals surface area contributed by atoms with E-state index in [2.05, 4.69) is 15.9 Å². The van der Waals surface area contributed by atoms with Gasteiger partial charge in [-0.05, 0) is 19.3 Å². The summed E-state index contributed by atoms with van der Waals surface area (Å²) >= 11 is 3.41. The Kier molecular flexibility index (Phi) is 10.4. The summed E-state index contributed by atoms with van der Waals surface area (Å²) < 4.78 is 0. The van der Waals surface area contributed by atoms with E-state index in [-0.39, 0.29) is 5.92 Å². The summed E-state index contributed by atoms with van der Waals surface area (Å²) in [4.78, 5) is 10.7. The van der Waals surface area contributed by atoms with Crippen LogP contribution in [-0.2, 0) is 4.79 Å². The third-order valence-corrected chi connectivity index (χ3v) is 3.34. The number of carboxylic acids is 1. The minimum atomic E-state index is -0.628. The average Bonchev–Trinajstić information content (AvgIpc) is 2.21. The Hall–Kier alpha value is -0.0500. The lowest BCUT2D eigenvalue weighted by Crippen LogP contribution is -2.12. The van der Waals surface area contributed by atoms with Crippen LogP contribution < -0.4 is 0 Å². The average molecular weight is 279 g/mol. The number of unbranched alkanes of at least 4 members (excludes halogenated alkanes) is 5. The number of carbonyl (C=O) groups is 1. The molecular formula is C12H23BrO2. The molecular weight excluding hydrogens is 256 g/mol. The molecule has 0 bridgehead atoms. The summed E-state index contributed by atoms with van der Waals surface area (Å²) in [5.74, 6) is -0.746. The van der Waals surface area contributed by atoms with Crippen molar-refractivity contribution >= 4 is 21.9 Å². The summed E-state index contributed by atoms with van der Waals surface area (Å²) in [7, 11) is 0. The first kappa shape index (κ1) is 14.9. The third-order valence-electron chi connectivity index (χ3n) is 2.78. The van der Waals surface area contributed by atoms with Crippen LogP contribution in [0.3, 0.4) is 0 Å². The van der Waals surface area contributed by atoms with Gasteiger partial charge in [-0.1, -0.05) is 55.0 Å². The van der Waals surface area contributed by atoms with Gasteiger partial charge in [-0.2, -0.15) is 0 Å². The molecule has 0 radical (unpaired) electrons. The Bertz CT molecular complexity index is 160. The van der Waals surface area contributed by atoms with Crippen molar-refractivity contribution in [2.75, 3.05) is 5.33 Å². The Labute approximate surface area is 102 Å². The zero-order chi connectivity index (χ0) is 11.5. The highest BCUT2D eigenvalue weighted by molar-refractivity contribution is 9.09. The highest BCUT2D eigenvalue weighted by Gasteiger charge is 2.13. The largest absolute Gasteiger partial charge is 0.481 e. The number of hydrogen-bond acceptors (Lipinski definition) is 1. The van der Waals surface area contributed by atoms with Gasteiger partial charge in [-0.15, -0.1) is 0 Å². The van der Waals surface area contributed by atoms with Gasteiger partial charge in [-0.25, -0.2) is 0 Å². The van der Waals surface area contributed by atoms with Gasteiger partial charge in [0.05, 0.1) is 5.92 Å². The minimum Gasteiger partial charge on any atom is -0.481 e. The van der Waals surface area contributed by atoms with Crippen molar-refractivity contribution in [2.45, 2.75) is 58.3 Å². The molecule has 0 aromatic rings. The zero-order valence-electron chi connectivity index (χ0n) is 9.67. The smallest absolute Gasteiger partial charge is 0.306 e. The van der Waals surface area contributed by atoms with E-state index in [1.54, 1.807) is 0 Å². The second-order valence-electron chi connectivity index (χ2n) is 4.04. The number of hydrogen-bond donors (Lipinski definition) is 1. The second-order valence-corrected chi connectivity index (χ2v) is 4.84. The molecule has 1 N–H and O–H groups in total. The minimum absolute atomic E-state index is 0.118. The van der Waals surface area contributed by atoms with E-state index < -0.39 is 5.97 Å². The molecule has 15 heavy (non-hydrogen) atoms. The molecule has 0 spiro atoms. The van der Waals surface area contributed by atoms with E-state index in [0.717, 1.165) is 24.6 Å². The van der Waals surface area contributed by atoms with E-state index in [0.29, 0.717) is 0 Å². The molecule has 0 heterocycles. The van der Waals surface area contributed by atoms with Gasteiger partial charge in [0, 0.05) is 5.33 Å². The third kappa shape index (κ3) is 8.91. The molecule has 1 unspecified atom stereocenters. The SMILES string of the molecule is CCC(CCCCCCCCBr)C(=O)O. The number of halogens is 1. The highest BCUT2D eigenvalue weighted by Crippen LogP contribution is 2.15. The van der Waals surface area contributed by atoms with Crippen molar-refractivity contribution in [1.82, 2.24) is 0 Å². The van der Waals surface area contributed by atoms with Crippen LogP contribution in [-0.4, -0.2) is 16.4 Å². The molecule has 0 saturated heterocycles. The first-order valence-electron chi connectivity index (χ1n) is 6.01. The second kappa shape index (κ2) is 10.5. The van der Waals surface area contributed by atoms with Crippen molar-refractivity contribution in [3.63, 3.8) is 0 Å². The molecule has 0 amide bonds. The molecule has 0 fully saturated rings. The maximum Gasteiger partial charge on any atom is 0.306 e. The molecule has 90 valence electrons. The molecule has 2 nitrogen and oxygen atoms in total.